The average molecular weight is 317 g/mol. The predicted octanol–water partition coefficient (Wildman–Crippen LogP) is 1.38. The molecule has 0 aliphatic heterocycles. The molecule has 1 aromatic rings. The Labute approximate surface area is 124 Å². The molecule has 1 unspecified atom stereocenters. The van der Waals surface area contributed by atoms with E-state index in [4.69, 9.17) is 0 Å². The van der Waals surface area contributed by atoms with Gasteiger partial charge in [-0.1, -0.05) is 13.8 Å². The van der Waals surface area contributed by atoms with Crippen molar-refractivity contribution in [3.8, 4) is 0 Å². The van der Waals surface area contributed by atoms with Crippen LogP contribution >= 0.6 is 0 Å². The molecule has 21 heavy (non-hydrogen) atoms. The molecule has 0 radical (unpaired) electrons. The molecule has 1 rings (SSSR count). The molecule has 0 aliphatic rings. The van der Waals surface area contributed by atoms with Crippen molar-refractivity contribution in [2.75, 3.05) is 29.4 Å². The standard InChI is InChI=1S/C13H20FN3O3S/c1-4-15-8-9(2)13(18)16-10-5-6-11(14)12(7-10)17-21(3,19)20/h5-7,9,15,17H,4,8H2,1-3H3,(H,16,18). The molecule has 1 amide bonds. The normalized spacial score (nSPS) is 12.8. The zero-order valence-electron chi connectivity index (χ0n) is 12.2. The molecule has 3 N–H and O–H groups in total. The molecule has 1 aromatic carbocycles. The summed E-state index contributed by atoms with van der Waals surface area (Å²) in [5.41, 5.74) is 0.130. The van der Waals surface area contributed by atoms with E-state index in [2.05, 4.69) is 15.4 Å². The predicted molar refractivity (Wildman–Crippen MR) is 81.2 cm³/mol. The van der Waals surface area contributed by atoms with Crippen molar-refractivity contribution in [2.45, 2.75) is 13.8 Å². The Hall–Kier alpha value is -1.67. The van der Waals surface area contributed by atoms with Crippen molar-refractivity contribution >= 4 is 27.3 Å². The maximum absolute atomic E-state index is 13.5. The van der Waals surface area contributed by atoms with Crippen LogP contribution in [0.2, 0.25) is 0 Å². The first-order valence-electron chi connectivity index (χ1n) is 6.52. The number of sulfonamides is 1. The molecule has 0 heterocycles. The highest BCUT2D eigenvalue weighted by Crippen LogP contribution is 2.21. The van der Waals surface area contributed by atoms with Crippen LogP contribution in [0.1, 0.15) is 13.8 Å². The highest BCUT2D eigenvalue weighted by Gasteiger charge is 2.14. The van der Waals surface area contributed by atoms with Crippen LogP contribution in [0.3, 0.4) is 0 Å². The molecule has 0 bridgehead atoms. The first-order chi connectivity index (χ1) is 9.73. The molecular formula is C13H20FN3O3S. The zero-order chi connectivity index (χ0) is 16.0. The fraction of sp³-hybridized carbons (Fsp3) is 0.462. The topological polar surface area (TPSA) is 87.3 Å². The summed E-state index contributed by atoms with van der Waals surface area (Å²) >= 11 is 0. The van der Waals surface area contributed by atoms with Crippen molar-refractivity contribution in [3.05, 3.63) is 24.0 Å². The quantitative estimate of drug-likeness (QED) is 0.709. The van der Waals surface area contributed by atoms with Crippen LogP contribution in [0, 0.1) is 11.7 Å². The number of halogens is 1. The van der Waals surface area contributed by atoms with Crippen LogP contribution in [-0.4, -0.2) is 33.7 Å². The Balaban J connectivity index is 2.80. The van der Waals surface area contributed by atoms with Gasteiger partial charge in [-0.2, -0.15) is 0 Å². The molecule has 0 spiro atoms. The van der Waals surface area contributed by atoms with Crippen molar-refractivity contribution in [1.82, 2.24) is 5.32 Å². The Morgan fingerprint density at radius 1 is 1.38 bits per heavy atom. The fourth-order valence-corrected chi connectivity index (χ4v) is 2.16. The van der Waals surface area contributed by atoms with Gasteiger partial charge in [-0.05, 0) is 24.7 Å². The molecule has 0 saturated heterocycles. The van der Waals surface area contributed by atoms with E-state index in [0.29, 0.717) is 12.2 Å². The second kappa shape index (κ2) is 7.37. The molecule has 8 heteroatoms. The van der Waals surface area contributed by atoms with Crippen LogP contribution < -0.4 is 15.4 Å². The molecule has 6 nitrogen and oxygen atoms in total. The van der Waals surface area contributed by atoms with Gasteiger partial charge in [0.1, 0.15) is 5.82 Å². The third kappa shape index (κ3) is 6.09. The van der Waals surface area contributed by atoms with Crippen LogP contribution in [0.25, 0.3) is 0 Å². The van der Waals surface area contributed by atoms with Gasteiger partial charge in [0, 0.05) is 18.2 Å². The van der Waals surface area contributed by atoms with E-state index >= 15 is 0 Å². The van der Waals surface area contributed by atoms with Gasteiger partial charge in [-0.3, -0.25) is 9.52 Å². The summed E-state index contributed by atoms with van der Waals surface area (Å²) in [6.45, 7) is 4.99. The summed E-state index contributed by atoms with van der Waals surface area (Å²) in [4.78, 5) is 11.9. The first-order valence-corrected chi connectivity index (χ1v) is 8.41. The molecule has 0 aliphatic carbocycles. The Kier molecular flexibility index (Phi) is 6.10. The monoisotopic (exact) mass is 317 g/mol. The van der Waals surface area contributed by atoms with Crippen LogP contribution in [0.4, 0.5) is 15.8 Å². The molecule has 0 fully saturated rings. The number of hydrogen-bond acceptors (Lipinski definition) is 4. The van der Waals surface area contributed by atoms with Crippen molar-refractivity contribution in [2.24, 2.45) is 5.92 Å². The number of carbonyl (C=O) groups is 1. The van der Waals surface area contributed by atoms with Gasteiger partial charge in [0.15, 0.2) is 0 Å². The fourth-order valence-electron chi connectivity index (χ4n) is 1.60. The Morgan fingerprint density at radius 3 is 2.62 bits per heavy atom. The molecular weight excluding hydrogens is 297 g/mol. The van der Waals surface area contributed by atoms with E-state index in [-0.39, 0.29) is 17.5 Å². The highest BCUT2D eigenvalue weighted by atomic mass is 32.2. The summed E-state index contributed by atoms with van der Waals surface area (Å²) in [5.74, 6) is -1.20. The Morgan fingerprint density at radius 2 is 2.05 bits per heavy atom. The third-order valence-corrected chi connectivity index (χ3v) is 3.27. The number of nitrogens with one attached hydrogen (secondary N) is 3. The second-order valence-corrected chi connectivity index (χ2v) is 6.52. The minimum absolute atomic E-state index is 0.199. The third-order valence-electron chi connectivity index (χ3n) is 2.68. The minimum atomic E-state index is -3.59. The minimum Gasteiger partial charge on any atom is -0.326 e. The number of amides is 1. The van der Waals surface area contributed by atoms with E-state index in [1.54, 1.807) is 6.92 Å². The van der Waals surface area contributed by atoms with Crippen LogP contribution in [0.5, 0.6) is 0 Å². The number of hydrogen-bond donors (Lipinski definition) is 3. The van der Waals surface area contributed by atoms with Gasteiger partial charge in [0.05, 0.1) is 11.9 Å². The lowest BCUT2D eigenvalue weighted by atomic mass is 10.1. The van der Waals surface area contributed by atoms with E-state index in [1.807, 2.05) is 6.92 Å². The second-order valence-electron chi connectivity index (χ2n) is 4.77. The number of anilines is 2. The van der Waals surface area contributed by atoms with Gasteiger partial charge in [-0.15, -0.1) is 0 Å². The summed E-state index contributed by atoms with van der Waals surface area (Å²) in [6, 6.07) is 3.72. The number of carbonyl (C=O) groups excluding carboxylic acids is 1. The van der Waals surface area contributed by atoms with Gasteiger partial charge in [0.25, 0.3) is 0 Å². The first kappa shape index (κ1) is 17.4. The van der Waals surface area contributed by atoms with E-state index in [9.17, 15) is 17.6 Å². The van der Waals surface area contributed by atoms with E-state index in [1.165, 1.54) is 12.1 Å². The summed E-state index contributed by atoms with van der Waals surface area (Å²) in [7, 11) is -3.59. The lowest BCUT2D eigenvalue weighted by molar-refractivity contribution is -0.119. The molecule has 1 atom stereocenters. The molecule has 0 saturated carbocycles. The van der Waals surface area contributed by atoms with Gasteiger partial charge in [0.2, 0.25) is 15.9 Å². The smallest absolute Gasteiger partial charge is 0.229 e. The summed E-state index contributed by atoms with van der Waals surface area (Å²) in [6.07, 6.45) is 0.927. The highest BCUT2D eigenvalue weighted by molar-refractivity contribution is 7.92. The van der Waals surface area contributed by atoms with Gasteiger partial charge >= 0.3 is 0 Å². The lowest BCUT2D eigenvalue weighted by Crippen LogP contribution is -2.30. The van der Waals surface area contributed by atoms with Gasteiger partial charge in [-0.25, -0.2) is 12.8 Å². The van der Waals surface area contributed by atoms with E-state index < -0.39 is 15.8 Å². The largest absolute Gasteiger partial charge is 0.326 e. The lowest BCUT2D eigenvalue weighted by Gasteiger charge is -2.13. The zero-order valence-corrected chi connectivity index (χ0v) is 13.1. The van der Waals surface area contributed by atoms with Crippen molar-refractivity contribution in [1.29, 1.82) is 0 Å². The molecule has 0 aromatic heterocycles. The molecule has 118 valence electrons. The van der Waals surface area contributed by atoms with E-state index in [0.717, 1.165) is 18.9 Å². The Bertz CT molecular complexity index is 605. The van der Waals surface area contributed by atoms with Crippen molar-refractivity contribution in [3.63, 3.8) is 0 Å². The SMILES string of the molecule is CCNCC(C)C(=O)Nc1ccc(F)c(NS(C)(=O)=O)c1. The number of rotatable bonds is 7. The summed E-state index contributed by atoms with van der Waals surface area (Å²) < 4.78 is 37.9. The average Bonchev–Trinajstić information content (AvgIpc) is 2.38. The van der Waals surface area contributed by atoms with Crippen molar-refractivity contribution < 1.29 is 17.6 Å². The maximum Gasteiger partial charge on any atom is 0.229 e. The summed E-state index contributed by atoms with van der Waals surface area (Å²) in [5, 5.41) is 5.68. The number of benzene rings is 1. The van der Waals surface area contributed by atoms with Gasteiger partial charge < -0.3 is 10.6 Å². The van der Waals surface area contributed by atoms with Crippen LogP contribution in [0.15, 0.2) is 18.2 Å². The maximum atomic E-state index is 13.5. The van der Waals surface area contributed by atoms with Crippen LogP contribution in [-0.2, 0) is 14.8 Å².